The van der Waals surface area contributed by atoms with Crippen LogP contribution in [0.2, 0.25) is 0 Å². The van der Waals surface area contributed by atoms with Crippen molar-refractivity contribution in [1.82, 2.24) is 5.32 Å². The number of nitrogens with one attached hydrogen (secondary N) is 2. The first kappa shape index (κ1) is 33.6. The second kappa shape index (κ2) is 20.1. The van der Waals surface area contributed by atoms with Gasteiger partial charge in [-0.25, -0.2) is 0 Å². The molecule has 6 heteroatoms. The Kier molecular flexibility index (Phi) is 14.6. The predicted molar refractivity (Wildman–Crippen MR) is 189 cm³/mol. The molecule has 1 heterocycles. The van der Waals surface area contributed by atoms with Gasteiger partial charge in [-0.3, -0.25) is 0 Å². The van der Waals surface area contributed by atoms with Crippen molar-refractivity contribution in [3.63, 3.8) is 0 Å². The number of allylic oxidation sites excluding steroid dienone is 1. The van der Waals surface area contributed by atoms with Crippen LogP contribution in [0.4, 0.5) is 0 Å². The Morgan fingerprint density at radius 3 is 1.83 bits per heavy atom. The summed E-state index contributed by atoms with van der Waals surface area (Å²) in [5.74, 6) is 31.7. The molecule has 4 nitrogen and oxygen atoms in total. The van der Waals surface area contributed by atoms with Crippen LogP contribution < -0.4 is 21.1 Å². The van der Waals surface area contributed by atoms with Crippen molar-refractivity contribution in [3.05, 3.63) is 109 Å². The average molecular weight is 587 g/mol. The van der Waals surface area contributed by atoms with Crippen molar-refractivity contribution in [2.45, 2.75) is 13.3 Å². The monoisotopic (exact) mass is 587 g/mol. The van der Waals surface area contributed by atoms with Gasteiger partial charge in [0, 0.05) is 13.5 Å². The minimum absolute atomic E-state index is 0.805. The number of terminal acetylenes is 2. The maximum atomic E-state index is 6.64. The van der Waals surface area contributed by atoms with Crippen molar-refractivity contribution in [3.8, 4) is 95.8 Å². The SMILES string of the molecule is C#CC#CC#CC#CB=NC#CC#CC#CC#C.CC1=[NH+][B-](c2ccccc2)(c2ccccc2)OC(NCCc2ccccc2)=C1. The molecule has 0 saturated carbocycles. The minimum Gasteiger partial charge on any atom is -0.639 e. The van der Waals surface area contributed by atoms with E-state index >= 15 is 0 Å². The Morgan fingerprint density at radius 2 is 1.24 bits per heavy atom. The number of benzene rings is 3. The van der Waals surface area contributed by atoms with Gasteiger partial charge in [0.25, 0.3) is 0 Å². The standard InChI is InChI=1S/C24H25BN2O.C16H2BN/c1-20-19-24(26-18-17-21-11-5-2-6-12-21)28-25(27-20,22-13-7-3-8-14-22)23-15-9-4-10-16-23;1-3-5-7-9-11-13-15-17-18-16-14-12-10-8-6-4-2/h2-16,19,26-27H,17-18H2,1H3;1-2H. The average Bonchev–Trinajstić information content (AvgIpc) is 3.10. The summed E-state index contributed by atoms with van der Waals surface area (Å²) in [5.41, 5.74) is 4.65. The molecule has 0 atom stereocenters. The van der Waals surface area contributed by atoms with Crippen LogP contribution in [0.15, 0.2) is 108 Å². The van der Waals surface area contributed by atoms with Crippen molar-refractivity contribution in [2.75, 3.05) is 6.54 Å². The largest absolute Gasteiger partial charge is 0.639 e. The van der Waals surface area contributed by atoms with E-state index in [9.17, 15) is 0 Å². The van der Waals surface area contributed by atoms with Crippen LogP contribution in [0.3, 0.4) is 0 Å². The van der Waals surface area contributed by atoms with Crippen LogP contribution in [-0.2, 0) is 11.1 Å². The summed E-state index contributed by atoms with van der Waals surface area (Å²) in [6.45, 7) is 1.32. The van der Waals surface area contributed by atoms with Gasteiger partial charge in [0.2, 0.25) is 0 Å². The van der Waals surface area contributed by atoms with Gasteiger partial charge in [0.15, 0.2) is 0 Å². The summed E-state index contributed by atoms with van der Waals surface area (Å²) in [5, 5.41) is 3.49. The van der Waals surface area contributed by atoms with Crippen molar-refractivity contribution >= 4 is 30.2 Å². The maximum absolute atomic E-state index is 6.64. The molecule has 0 bridgehead atoms. The number of rotatable bonds is 6. The van der Waals surface area contributed by atoms with E-state index in [1.54, 1.807) is 0 Å². The van der Waals surface area contributed by atoms with E-state index in [0.29, 0.717) is 0 Å². The van der Waals surface area contributed by atoms with Crippen molar-refractivity contribution in [1.29, 1.82) is 0 Å². The van der Waals surface area contributed by atoms with Gasteiger partial charge in [-0.1, -0.05) is 102 Å². The van der Waals surface area contributed by atoms with Crippen LogP contribution in [0.25, 0.3) is 0 Å². The molecule has 214 valence electrons. The third kappa shape index (κ3) is 11.8. The van der Waals surface area contributed by atoms with E-state index in [1.807, 2.05) is 24.3 Å². The van der Waals surface area contributed by atoms with Crippen LogP contribution in [0.1, 0.15) is 12.5 Å². The molecule has 4 rings (SSSR count). The zero-order valence-corrected chi connectivity index (χ0v) is 25.3. The molecule has 0 aromatic heterocycles. The number of nitrogens with zero attached hydrogens (tertiary/aromatic N) is 1. The quantitative estimate of drug-likeness (QED) is 0.340. The zero-order valence-electron chi connectivity index (χ0n) is 25.3. The molecule has 0 fully saturated rings. The zero-order chi connectivity index (χ0) is 32.5. The fourth-order valence-corrected chi connectivity index (χ4v) is 4.28. The van der Waals surface area contributed by atoms with Crippen molar-refractivity contribution < 1.29 is 9.56 Å². The van der Waals surface area contributed by atoms with Crippen LogP contribution in [-0.4, -0.2) is 25.8 Å². The minimum atomic E-state index is -1.59. The number of hydrogen-bond acceptors (Lipinski definition) is 3. The van der Waals surface area contributed by atoms with Gasteiger partial charge < -0.3 is 14.9 Å². The summed E-state index contributed by atoms with van der Waals surface area (Å²) in [4.78, 5) is 7.28. The van der Waals surface area contributed by atoms with E-state index in [4.69, 9.17) is 17.5 Å². The van der Waals surface area contributed by atoms with E-state index < -0.39 is 6.48 Å². The fourth-order valence-electron chi connectivity index (χ4n) is 4.28. The van der Waals surface area contributed by atoms with Crippen LogP contribution in [0, 0.1) is 95.8 Å². The molecule has 0 spiro atoms. The maximum Gasteiger partial charge on any atom is 0.507 e. The summed E-state index contributed by atoms with van der Waals surface area (Å²) < 4.78 is 6.64. The third-order valence-electron chi connectivity index (χ3n) is 6.14. The Balaban J connectivity index is 0.000000280. The van der Waals surface area contributed by atoms with Gasteiger partial charge in [0.1, 0.15) is 11.6 Å². The molecule has 46 heavy (non-hydrogen) atoms. The first-order valence-corrected chi connectivity index (χ1v) is 14.2. The number of hydrogen-bond donors (Lipinski definition) is 2. The molecular weight excluding hydrogens is 560 g/mol. The Labute approximate surface area is 273 Å². The Hall–Kier alpha value is -6.92. The van der Waals surface area contributed by atoms with Crippen LogP contribution >= 0.6 is 0 Å². The first-order valence-electron chi connectivity index (χ1n) is 14.2. The summed E-state index contributed by atoms with van der Waals surface area (Å²) in [6.07, 6.45) is 12.8. The van der Waals surface area contributed by atoms with Gasteiger partial charge >= 0.3 is 114 Å². The topological polar surface area (TPSA) is 47.6 Å². The molecule has 1 aliphatic heterocycles. The molecule has 0 saturated heterocycles. The summed E-state index contributed by atoms with van der Waals surface area (Å²) >= 11 is 0. The van der Waals surface area contributed by atoms with Gasteiger partial charge in [0.05, 0.1) is 6.08 Å². The van der Waals surface area contributed by atoms with Crippen molar-refractivity contribution in [2.24, 2.45) is 4.90 Å². The molecule has 2 N–H and O–H groups in total. The molecule has 0 aliphatic carbocycles. The normalized spacial score (nSPS) is 11.0. The van der Waals surface area contributed by atoms with Gasteiger partial charge in [-0.05, 0) is 12.0 Å². The predicted octanol–water partition coefficient (Wildman–Crippen LogP) is 1.56. The fraction of sp³-hybridized carbons (Fsp3) is 0.0750. The summed E-state index contributed by atoms with van der Waals surface area (Å²) in [7, 11) is 1.30. The second-order valence-electron chi connectivity index (χ2n) is 9.28. The Morgan fingerprint density at radius 1 is 0.717 bits per heavy atom. The molecule has 3 aromatic rings. The molecule has 3 aromatic carbocycles. The second-order valence-corrected chi connectivity index (χ2v) is 9.28. The molecular formula is C40H27B2N3O. The summed E-state index contributed by atoms with van der Waals surface area (Å²) in [6, 6.07) is 33.7. The Bertz CT molecular complexity index is 1940. The molecule has 0 radical (unpaired) electrons. The van der Waals surface area contributed by atoms with Gasteiger partial charge in [-0.2, -0.15) is 0 Å². The van der Waals surface area contributed by atoms with E-state index in [2.05, 4.69) is 178 Å². The van der Waals surface area contributed by atoms with E-state index in [-0.39, 0.29) is 0 Å². The first-order chi connectivity index (χ1) is 22.7. The molecule has 0 unspecified atom stereocenters. The molecule has 1 aliphatic rings. The van der Waals surface area contributed by atoms with Crippen LogP contribution in [0.5, 0.6) is 0 Å². The molecule has 0 amide bonds. The third-order valence-corrected chi connectivity index (χ3v) is 6.14. The van der Waals surface area contributed by atoms with E-state index in [1.165, 1.54) is 12.6 Å². The smallest absolute Gasteiger partial charge is 0.507 e. The van der Waals surface area contributed by atoms with E-state index in [0.717, 1.165) is 35.5 Å². The van der Waals surface area contributed by atoms with Gasteiger partial charge in [-0.15, -0.1) is 0 Å².